The summed E-state index contributed by atoms with van der Waals surface area (Å²) in [7, 11) is 3.47. The molecule has 6 heteroatoms. The van der Waals surface area contributed by atoms with Crippen molar-refractivity contribution >= 4 is 22.7 Å². The van der Waals surface area contributed by atoms with Crippen LogP contribution in [0.15, 0.2) is 60.2 Å². The third-order valence-electron chi connectivity index (χ3n) is 6.39. The molecule has 3 rings (SSSR count). The molecule has 2 N–H and O–H groups in total. The highest BCUT2D eigenvalue weighted by Crippen LogP contribution is 2.36. The van der Waals surface area contributed by atoms with Crippen LogP contribution in [0.2, 0.25) is 0 Å². The lowest BCUT2D eigenvalue weighted by Gasteiger charge is -2.38. The number of nitrogens with one attached hydrogen (secondary N) is 2. The van der Waals surface area contributed by atoms with E-state index in [0.29, 0.717) is 12.0 Å². The first-order chi connectivity index (χ1) is 16.1. The van der Waals surface area contributed by atoms with Crippen molar-refractivity contribution in [1.82, 2.24) is 20.1 Å². The molecule has 1 aliphatic rings. The van der Waals surface area contributed by atoms with Crippen molar-refractivity contribution in [2.45, 2.75) is 65.2 Å². The Hall–Kier alpha value is -3.12. The summed E-state index contributed by atoms with van der Waals surface area (Å²) >= 11 is 0. The number of hydrogen-bond donors (Lipinski definition) is 2. The number of carbonyl (C=O) groups is 2. The van der Waals surface area contributed by atoms with Gasteiger partial charge in [0.2, 0.25) is 5.91 Å². The zero-order chi connectivity index (χ0) is 25.2. The quantitative estimate of drug-likeness (QED) is 0.470. The number of allylic oxidation sites excluding steroid dienone is 1. The molecule has 2 amide bonds. The lowest BCUT2D eigenvalue weighted by molar-refractivity contribution is -0.137. The number of rotatable bonds is 7. The maximum absolute atomic E-state index is 13.6. The van der Waals surface area contributed by atoms with Gasteiger partial charge in [0.1, 0.15) is 0 Å². The number of fused-ring (bicyclic) bond motifs is 3. The van der Waals surface area contributed by atoms with Crippen LogP contribution in [0.3, 0.4) is 0 Å². The Balaban J connectivity index is 2.01. The lowest BCUT2D eigenvalue weighted by Crippen LogP contribution is -2.54. The molecule has 1 aromatic carbocycles. The van der Waals surface area contributed by atoms with Gasteiger partial charge in [-0.3, -0.25) is 14.9 Å². The van der Waals surface area contributed by atoms with E-state index in [1.807, 2.05) is 30.0 Å². The van der Waals surface area contributed by atoms with Gasteiger partial charge in [-0.15, -0.1) is 0 Å². The first kappa shape index (κ1) is 25.5. The largest absolute Gasteiger partial charge is 0.357 e. The summed E-state index contributed by atoms with van der Waals surface area (Å²) < 4.78 is 0. The molecule has 0 spiro atoms. The molecular formula is C28H38N4O2. The van der Waals surface area contributed by atoms with E-state index in [0.717, 1.165) is 27.7 Å². The second kappa shape index (κ2) is 10.4. The minimum absolute atomic E-state index is 0.0629. The normalized spacial score (nSPS) is 18.6. The Morgan fingerprint density at radius 3 is 2.32 bits per heavy atom. The van der Waals surface area contributed by atoms with Crippen molar-refractivity contribution in [1.29, 1.82) is 0 Å². The zero-order valence-corrected chi connectivity index (χ0v) is 21.5. The number of benzene rings is 1. The molecule has 2 heterocycles. The van der Waals surface area contributed by atoms with Gasteiger partial charge in [-0.25, -0.2) is 0 Å². The predicted molar refractivity (Wildman–Crippen MR) is 140 cm³/mol. The molecule has 1 aromatic heterocycles. The fraction of sp³-hybridized carbons (Fsp3) is 0.429. The summed E-state index contributed by atoms with van der Waals surface area (Å²) in [4.78, 5) is 33.1. The molecule has 182 valence electrons. The zero-order valence-electron chi connectivity index (χ0n) is 21.5. The molecule has 0 radical (unpaired) electrons. The summed E-state index contributed by atoms with van der Waals surface area (Å²) in [6.07, 6.45) is 6.08. The number of amides is 2. The van der Waals surface area contributed by atoms with Gasteiger partial charge in [-0.1, -0.05) is 36.9 Å². The Bertz CT molecular complexity index is 1130. The van der Waals surface area contributed by atoms with Gasteiger partial charge in [0.05, 0.1) is 12.1 Å². The van der Waals surface area contributed by atoms with Gasteiger partial charge in [0, 0.05) is 48.3 Å². The number of hydrogen-bond acceptors (Lipinski definition) is 3. The van der Waals surface area contributed by atoms with E-state index in [2.05, 4.69) is 56.7 Å². The molecule has 0 aliphatic carbocycles. The van der Waals surface area contributed by atoms with E-state index in [4.69, 9.17) is 0 Å². The maximum Gasteiger partial charge on any atom is 0.252 e. The number of aromatic amines is 1. The topological polar surface area (TPSA) is 68.4 Å². The number of aromatic nitrogens is 1. The Kier molecular flexibility index (Phi) is 7.82. The average Bonchev–Trinajstić information content (AvgIpc) is 3.16. The van der Waals surface area contributed by atoms with E-state index in [1.165, 1.54) is 0 Å². The van der Waals surface area contributed by atoms with Crippen LogP contribution < -0.4 is 5.32 Å². The van der Waals surface area contributed by atoms with Crippen molar-refractivity contribution in [2.24, 2.45) is 0 Å². The van der Waals surface area contributed by atoms with Crippen LogP contribution in [-0.4, -0.2) is 58.8 Å². The average molecular weight is 463 g/mol. The van der Waals surface area contributed by atoms with Crippen LogP contribution >= 0.6 is 0 Å². The van der Waals surface area contributed by atoms with Crippen molar-refractivity contribution in [2.75, 3.05) is 14.1 Å². The molecule has 0 fully saturated rings. The molecule has 1 aliphatic heterocycles. The van der Waals surface area contributed by atoms with Gasteiger partial charge in [-0.05, 0) is 64.3 Å². The minimum atomic E-state index is -0.365. The smallest absolute Gasteiger partial charge is 0.252 e. The third-order valence-corrected chi connectivity index (χ3v) is 6.39. The Morgan fingerprint density at radius 1 is 1.09 bits per heavy atom. The summed E-state index contributed by atoms with van der Waals surface area (Å²) in [6, 6.07) is 7.77. The van der Waals surface area contributed by atoms with Crippen molar-refractivity contribution in [3.8, 4) is 0 Å². The summed E-state index contributed by atoms with van der Waals surface area (Å²) in [5.41, 5.74) is 4.61. The van der Waals surface area contributed by atoms with Crippen LogP contribution in [-0.2, 0) is 16.0 Å². The monoisotopic (exact) mass is 462 g/mol. The van der Waals surface area contributed by atoms with Crippen LogP contribution in [0.25, 0.3) is 10.9 Å². The fourth-order valence-corrected chi connectivity index (χ4v) is 4.81. The molecule has 6 nitrogen and oxygen atoms in total. The third kappa shape index (κ3) is 5.02. The Morgan fingerprint density at radius 2 is 1.74 bits per heavy atom. The second-order valence-corrected chi connectivity index (χ2v) is 9.70. The number of para-hydroxylation sites is 1. The second-order valence-electron chi connectivity index (χ2n) is 9.70. The molecule has 2 aromatic rings. The number of H-pyrrole nitrogens is 1. The van der Waals surface area contributed by atoms with Crippen LogP contribution in [0, 0.1) is 0 Å². The standard InChI is InChI=1S/C28H38N4O2/c1-9-20(27(33)31(7)8)15-14-19(6)25-26-22(21-12-10-11-13-23(21)29-26)16-24(30-25)28(34)32(17(2)3)18(4)5/h9-15,17-18,24-25,29-30H,6,16H2,1-5,7-8H3/b15-14-,20-9+/t24-,25+/m1/s1. The van der Waals surface area contributed by atoms with Gasteiger partial charge >= 0.3 is 0 Å². The summed E-state index contributed by atoms with van der Waals surface area (Å²) in [6.45, 7) is 14.4. The van der Waals surface area contributed by atoms with Crippen molar-refractivity contribution in [3.05, 3.63) is 71.5 Å². The molecule has 0 bridgehead atoms. The van der Waals surface area contributed by atoms with Gasteiger partial charge in [0.25, 0.3) is 5.91 Å². The van der Waals surface area contributed by atoms with E-state index in [9.17, 15) is 9.59 Å². The fourth-order valence-electron chi connectivity index (χ4n) is 4.81. The highest BCUT2D eigenvalue weighted by molar-refractivity contribution is 5.96. The van der Waals surface area contributed by atoms with Crippen molar-refractivity contribution < 1.29 is 9.59 Å². The van der Waals surface area contributed by atoms with E-state index >= 15 is 0 Å². The highest BCUT2D eigenvalue weighted by atomic mass is 16.2. The SMILES string of the molecule is C=C(/C=C\C(=C/C)C(=O)N(C)C)[C@@H]1N[C@@H](C(=O)N(C(C)C)C(C)C)Cc2c1[nH]c1ccccc21. The van der Waals surface area contributed by atoms with Gasteiger partial charge in [-0.2, -0.15) is 0 Å². The van der Waals surface area contributed by atoms with Gasteiger partial charge < -0.3 is 14.8 Å². The number of carbonyl (C=O) groups excluding carboxylic acids is 2. The van der Waals surface area contributed by atoms with Crippen LogP contribution in [0.5, 0.6) is 0 Å². The molecule has 0 unspecified atom stereocenters. The maximum atomic E-state index is 13.6. The lowest BCUT2D eigenvalue weighted by atomic mass is 9.89. The molecule has 34 heavy (non-hydrogen) atoms. The van der Waals surface area contributed by atoms with Crippen LogP contribution in [0.1, 0.15) is 51.9 Å². The first-order valence-electron chi connectivity index (χ1n) is 12.0. The summed E-state index contributed by atoms with van der Waals surface area (Å²) in [5, 5.41) is 4.70. The molecule has 2 atom stereocenters. The number of nitrogens with zero attached hydrogens (tertiary/aromatic N) is 2. The van der Waals surface area contributed by atoms with Crippen LogP contribution in [0.4, 0.5) is 0 Å². The predicted octanol–water partition coefficient (Wildman–Crippen LogP) is 4.52. The molecule has 0 saturated carbocycles. The summed E-state index contributed by atoms with van der Waals surface area (Å²) in [5.74, 6) is 0.0339. The highest BCUT2D eigenvalue weighted by Gasteiger charge is 2.37. The van der Waals surface area contributed by atoms with E-state index in [-0.39, 0.29) is 36.0 Å². The van der Waals surface area contributed by atoms with E-state index in [1.54, 1.807) is 31.1 Å². The number of likely N-dealkylation sites (N-methyl/N-ethyl adjacent to an activating group) is 1. The van der Waals surface area contributed by atoms with E-state index < -0.39 is 0 Å². The minimum Gasteiger partial charge on any atom is -0.357 e. The molecular weight excluding hydrogens is 424 g/mol. The van der Waals surface area contributed by atoms with Gasteiger partial charge in [0.15, 0.2) is 0 Å². The molecule has 0 saturated heterocycles. The first-order valence-corrected chi connectivity index (χ1v) is 12.0. The Labute approximate surface area is 203 Å². The van der Waals surface area contributed by atoms with Crippen molar-refractivity contribution in [3.63, 3.8) is 0 Å².